The van der Waals surface area contributed by atoms with Crippen molar-refractivity contribution in [3.05, 3.63) is 72.1 Å². The van der Waals surface area contributed by atoms with Gasteiger partial charge in [-0.1, -0.05) is 12.2 Å². The van der Waals surface area contributed by atoms with Crippen molar-refractivity contribution in [3.63, 3.8) is 0 Å². The molecule has 6 atom stereocenters. The lowest BCUT2D eigenvalue weighted by Crippen LogP contribution is -2.40. The van der Waals surface area contributed by atoms with E-state index in [1.165, 1.54) is 29.2 Å². The van der Waals surface area contributed by atoms with E-state index < -0.39 is 0 Å². The molecule has 150 valence electrons. The van der Waals surface area contributed by atoms with Gasteiger partial charge < -0.3 is 5.32 Å². The minimum atomic E-state index is -0.376. The third kappa shape index (κ3) is 2.43. The summed E-state index contributed by atoms with van der Waals surface area (Å²) < 4.78 is 13.0. The van der Waals surface area contributed by atoms with E-state index in [1.807, 2.05) is 0 Å². The third-order valence-corrected chi connectivity index (χ3v) is 7.15. The van der Waals surface area contributed by atoms with Crippen molar-refractivity contribution in [2.45, 2.75) is 6.42 Å². The molecule has 3 fully saturated rings. The minimum Gasteiger partial charge on any atom is -0.322 e. The number of benzene rings is 2. The molecule has 2 aromatic carbocycles. The van der Waals surface area contributed by atoms with Crippen molar-refractivity contribution in [3.8, 4) is 0 Å². The second-order valence-electron chi connectivity index (χ2n) is 8.67. The van der Waals surface area contributed by atoms with Crippen LogP contribution >= 0.6 is 0 Å². The number of anilines is 2. The van der Waals surface area contributed by atoms with E-state index >= 15 is 0 Å². The highest BCUT2D eigenvalue weighted by Crippen LogP contribution is 2.65. The number of rotatable bonds is 3. The molecule has 2 saturated carbocycles. The normalized spacial score (nSPS) is 32.8. The molecule has 5 nitrogen and oxygen atoms in total. The van der Waals surface area contributed by atoms with Crippen LogP contribution in [0.25, 0.3) is 0 Å². The number of carbonyl (C=O) groups excluding carboxylic acids is 3. The molecule has 2 aromatic rings. The van der Waals surface area contributed by atoms with Crippen LogP contribution in [0.3, 0.4) is 0 Å². The van der Waals surface area contributed by atoms with Crippen molar-refractivity contribution in [1.82, 2.24) is 0 Å². The first-order chi connectivity index (χ1) is 14.5. The Bertz CT molecular complexity index is 1070. The van der Waals surface area contributed by atoms with Gasteiger partial charge in [-0.05, 0) is 78.6 Å². The summed E-state index contributed by atoms with van der Waals surface area (Å²) in [5.74, 6) is 0.0826. The minimum absolute atomic E-state index is 0.113. The van der Waals surface area contributed by atoms with Gasteiger partial charge in [0.05, 0.1) is 17.5 Å². The molecule has 2 bridgehead atoms. The molecule has 0 spiro atoms. The molecule has 1 heterocycles. The maximum absolute atomic E-state index is 13.2. The summed E-state index contributed by atoms with van der Waals surface area (Å²) in [6.45, 7) is 0. The molecule has 3 amide bonds. The number of allylic oxidation sites excluding steroid dienone is 2. The Balaban J connectivity index is 1.23. The van der Waals surface area contributed by atoms with Crippen molar-refractivity contribution >= 4 is 29.1 Å². The van der Waals surface area contributed by atoms with Gasteiger partial charge in [-0.15, -0.1) is 0 Å². The molecule has 7 rings (SSSR count). The Morgan fingerprint density at radius 2 is 1.43 bits per heavy atom. The fraction of sp³-hybridized carbons (Fsp3) is 0.292. The highest BCUT2D eigenvalue weighted by molar-refractivity contribution is 6.22. The molecule has 4 aliphatic carbocycles. The van der Waals surface area contributed by atoms with Crippen molar-refractivity contribution in [2.75, 3.05) is 10.2 Å². The number of nitrogens with one attached hydrogen (secondary N) is 1. The van der Waals surface area contributed by atoms with Gasteiger partial charge in [-0.25, -0.2) is 4.39 Å². The lowest BCUT2D eigenvalue weighted by molar-refractivity contribution is -0.124. The molecule has 6 heteroatoms. The first-order valence-electron chi connectivity index (χ1n) is 10.3. The Kier molecular flexibility index (Phi) is 3.58. The fourth-order valence-electron chi connectivity index (χ4n) is 5.71. The summed E-state index contributed by atoms with van der Waals surface area (Å²) in [5.41, 5.74) is 1.38. The van der Waals surface area contributed by atoms with Crippen LogP contribution in [0.5, 0.6) is 0 Å². The molecule has 5 aliphatic rings. The molecule has 0 radical (unpaired) electrons. The number of carbonyl (C=O) groups is 3. The average Bonchev–Trinajstić information content (AvgIpc) is 3.53. The van der Waals surface area contributed by atoms with Crippen LogP contribution in [0.4, 0.5) is 15.8 Å². The number of hydrogen-bond acceptors (Lipinski definition) is 3. The fourth-order valence-corrected chi connectivity index (χ4v) is 5.71. The summed E-state index contributed by atoms with van der Waals surface area (Å²) in [7, 11) is 0. The van der Waals surface area contributed by atoms with Gasteiger partial charge >= 0.3 is 0 Å². The van der Waals surface area contributed by atoms with Crippen molar-refractivity contribution in [1.29, 1.82) is 0 Å². The Morgan fingerprint density at radius 3 is 2.00 bits per heavy atom. The molecule has 1 aliphatic heterocycles. The SMILES string of the molecule is O=C(Nc1ccc(F)cc1)c1ccc(N2C(=O)C3C4C=CC(C5CC45)C3C2=O)cc1. The van der Waals surface area contributed by atoms with Crippen LogP contribution in [-0.2, 0) is 9.59 Å². The topological polar surface area (TPSA) is 66.5 Å². The maximum Gasteiger partial charge on any atom is 0.255 e. The van der Waals surface area contributed by atoms with Crippen LogP contribution in [-0.4, -0.2) is 17.7 Å². The number of imide groups is 1. The van der Waals surface area contributed by atoms with Crippen LogP contribution in [0, 0.1) is 41.3 Å². The van der Waals surface area contributed by atoms with Crippen LogP contribution < -0.4 is 10.2 Å². The summed E-state index contributed by atoms with van der Waals surface area (Å²) in [4.78, 5) is 40.1. The van der Waals surface area contributed by atoms with Crippen LogP contribution in [0.1, 0.15) is 16.8 Å². The lowest BCUT2D eigenvalue weighted by atomic mass is 9.63. The van der Waals surface area contributed by atoms with Crippen LogP contribution in [0.2, 0.25) is 0 Å². The first-order valence-corrected chi connectivity index (χ1v) is 10.3. The first kappa shape index (κ1) is 17.6. The molecule has 0 aromatic heterocycles. The zero-order valence-electron chi connectivity index (χ0n) is 16.0. The number of amides is 3. The van der Waals surface area contributed by atoms with Gasteiger partial charge in [0.25, 0.3) is 5.91 Å². The van der Waals surface area contributed by atoms with Crippen molar-refractivity contribution < 1.29 is 18.8 Å². The highest BCUT2D eigenvalue weighted by atomic mass is 19.1. The number of hydrogen-bond donors (Lipinski definition) is 1. The molecule has 1 saturated heterocycles. The summed E-state index contributed by atoms with van der Waals surface area (Å²) in [5, 5.41) is 2.70. The maximum atomic E-state index is 13.2. The van der Waals surface area contributed by atoms with Gasteiger partial charge in [0.2, 0.25) is 11.8 Å². The standard InChI is InChI=1S/C24H19FN2O3/c25-13-3-5-14(6-4-13)26-22(28)12-1-7-15(8-2-12)27-23(29)20-16-9-10-17(19-11-18(16)19)21(20)24(27)30/h1-10,16-21H,11H2,(H,26,28). The lowest BCUT2D eigenvalue weighted by Gasteiger charge is -2.37. The quantitative estimate of drug-likeness (QED) is 0.630. The van der Waals surface area contributed by atoms with Crippen molar-refractivity contribution in [2.24, 2.45) is 35.5 Å². The highest BCUT2D eigenvalue weighted by Gasteiger charge is 2.67. The molecular formula is C24H19FN2O3. The Morgan fingerprint density at radius 1 is 0.867 bits per heavy atom. The van der Waals surface area contributed by atoms with Gasteiger partial charge in [0.15, 0.2) is 0 Å². The Labute approximate surface area is 172 Å². The monoisotopic (exact) mass is 402 g/mol. The van der Waals surface area contributed by atoms with Crippen LogP contribution in [0.15, 0.2) is 60.7 Å². The van der Waals surface area contributed by atoms with E-state index in [1.54, 1.807) is 24.3 Å². The van der Waals surface area contributed by atoms with Gasteiger partial charge in [-0.3, -0.25) is 19.3 Å². The zero-order chi connectivity index (χ0) is 20.6. The third-order valence-electron chi connectivity index (χ3n) is 7.15. The van der Waals surface area contributed by atoms with E-state index in [9.17, 15) is 18.8 Å². The summed E-state index contributed by atoms with van der Waals surface area (Å²) in [6.07, 6.45) is 5.43. The van der Waals surface area contributed by atoms with E-state index in [0.717, 1.165) is 6.42 Å². The zero-order valence-corrected chi connectivity index (χ0v) is 16.0. The van der Waals surface area contributed by atoms with E-state index in [4.69, 9.17) is 0 Å². The number of nitrogens with zero attached hydrogens (tertiary/aromatic N) is 1. The largest absolute Gasteiger partial charge is 0.322 e. The summed E-state index contributed by atoms with van der Waals surface area (Å²) in [6, 6.07) is 12.0. The predicted molar refractivity (Wildman–Crippen MR) is 108 cm³/mol. The molecule has 30 heavy (non-hydrogen) atoms. The second kappa shape index (κ2) is 6.11. The van der Waals surface area contributed by atoms with Gasteiger partial charge in [-0.2, -0.15) is 0 Å². The van der Waals surface area contributed by atoms with Gasteiger partial charge in [0.1, 0.15) is 5.82 Å². The average molecular weight is 402 g/mol. The predicted octanol–water partition coefficient (Wildman–Crippen LogP) is 3.64. The van der Waals surface area contributed by atoms with Gasteiger partial charge in [0, 0.05) is 11.3 Å². The molecule has 6 unspecified atom stereocenters. The number of halogens is 1. The second-order valence-corrected chi connectivity index (χ2v) is 8.67. The van der Waals surface area contributed by atoms with E-state index in [-0.39, 0.29) is 47.2 Å². The molecular weight excluding hydrogens is 383 g/mol. The van der Waals surface area contributed by atoms with E-state index in [2.05, 4.69) is 17.5 Å². The van der Waals surface area contributed by atoms with E-state index in [0.29, 0.717) is 28.8 Å². The smallest absolute Gasteiger partial charge is 0.255 e. The summed E-state index contributed by atoms with van der Waals surface area (Å²) >= 11 is 0. The Hall–Kier alpha value is -3.28. The molecule has 1 N–H and O–H groups in total.